The van der Waals surface area contributed by atoms with Gasteiger partial charge in [-0.15, -0.1) is 0 Å². The Bertz CT molecular complexity index is 198. The van der Waals surface area contributed by atoms with Gasteiger partial charge >= 0.3 is 0 Å². The lowest BCUT2D eigenvalue weighted by atomic mass is 9.56. The summed E-state index contributed by atoms with van der Waals surface area (Å²) in [4.78, 5) is 20.1. The van der Waals surface area contributed by atoms with E-state index in [2.05, 4.69) is 6.92 Å². The van der Waals surface area contributed by atoms with E-state index in [1.54, 1.807) is 0 Å². The van der Waals surface area contributed by atoms with Gasteiger partial charge in [0.15, 0.2) is 0 Å². The number of rotatable bonds is 0. The van der Waals surface area contributed by atoms with Gasteiger partial charge in [0, 0.05) is 12.8 Å². The van der Waals surface area contributed by atoms with E-state index in [4.69, 9.17) is 19.6 Å². The van der Waals surface area contributed by atoms with E-state index in [9.17, 15) is 0 Å². The van der Waals surface area contributed by atoms with Crippen molar-refractivity contribution < 1.29 is 19.6 Å². The van der Waals surface area contributed by atoms with Crippen LogP contribution in [0.5, 0.6) is 0 Å². The molecule has 0 N–H and O–H groups in total. The Kier molecular flexibility index (Phi) is 1.68. The number of hydrogen-bond acceptors (Lipinski definition) is 4. The van der Waals surface area contributed by atoms with Crippen LogP contribution in [0.4, 0.5) is 0 Å². The summed E-state index contributed by atoms with van der Waals surface area (Å²) in [5.41, 5.74) is 0. The molecule has 1 spiro atoms. The van der Waals surface area contributed by atoms with E-state index in [-0.39, 0.29) is 6.79 Å². The average Bonchev–Trinajstić information content (AvgIpc) is 2.18. The topological polar surface area (TPSA) is 36.9 Å². The van der Waals surface area contributed by atoms with Crippen LogP contribution in [-0.4, -0.2) is 12.6 Å². The highest BCUT2D eigenvalue weighted by atomic mass is 17.4. The molecule has 4 aliphatic rings. The van der Waals surface area contributed by atoms with Gasteiger partial charge in [-0.3, -0.25) is 0 Å². The normalized spacial score (nSPS) is 47.3. The molecule has 1 aliphatic heterocycles. The zero-order valence-corrected chi connectivity index (χ0v) is 7.69. The van der Waals surface area contributed by atoms with E-state index >= 15 is 0 Å². The molecule has 4 nitrogen and oxygen atoms in total. The first kappa shape index (κ1) is 8.17. The van der Waals surface area contributed by atoms with Gasteiger partial charge < -0.3 is 0 Å². The van der Waals surface area contributed by atoms with Gasteiger partial charge in [0.2, 0.25) is 12.6 Å². The lowest BCUT2D eigenvalue weighted by molar-refractivity contribution is -0.609. The first-order valence-corrected chi connectivity index (χ1v) is 4.90. The van der Waals surface area contributed by atoms with Crippen molar-refractivity contribution in [1.82, 2.24) is 0 Å². The Morgan fingerprint density at radius 3 is 2.23 bits per heavy atom. The quantitative estimate of drug-likeness (QED) is 0.539. The maximum atomic E-state index is 5.21. The molecule has 4 fully saturated rings. The van der Waals surface area contributed by atoms with Gasteiger partial charge in [-0.25, -0.2) is 9.78 Å². The third-order valence-electron chi connectivity index (χ3n) is 3.76. The molecule has 3 saturated carbocycles. The van der Waals surface area contributed by atoms with Gasteiger partial charge in [0.05, 0.1) is 0 Å². The summed E-state index contributed by atoms with van der Waals surface area (Å²) in [6.45, 7) is 2.38. The van der Waals surface area contributed by atoms with Crippen LogP contribution in [0.15, 0.2) is 0 Å². The lowest BCUT2D eigenvalue weighted by Gasteiger charge is -2.54. The molecule has 2 bridgehead atoms. The molecule has 0 aromatic heterocycles. The van der Waals surface area contributed by atoms with Crippen molar-refractivity contribution in [3.8, 4) is 0 Å². The molecule has 4 heteroatoms. The summed E-state index contributed by atoms with van der Waals surface area (Å²) in [6.07, 6.45) is 3.13. The fraction of sp³-hybridized carbons (Fsp3) is 1.00. The molecule has 0 amide bonds. The highest BCUT2D eigenvalue weighted by Gasteiger charge is 2.55. The average molecular weight is 186 g/mol. The van der Waals surface area contributed by atoms with Crippen molar-refractivity contribution >= 4 is 0 Å². The Morgan fingerprint density at radius 2 is 1.69 bits per heavy atom. The van der Waals surface area contributed by atoms with Crippen LogP contribution in [0.25, 0.3) is 0 Å². The van der Waals surface area contributed by atoms with Crippen molar-refractivity contribution in [2.24, 2.45) is 17.8 Å². The van der Waals surface area contributed by atoms with E-state index in [0.29, 0.717) is 0 Å². The molecule has 2 atom stereocenters. The molecular formula is C9H14O4. The summed E-state index contributed by atoms with van der Waals surface area (Å²) in [5, 5.41) is 0. The molecular weight excluding hydrogens is 172 g/mol. The van der Waals surface area contributed by atoms with Crippen LogP contribution in [-0.2, 0) is 19.6 Å². The first-order chi connectivity index (χ1) is 6.29. The van der Waals surface area contributed by atoms with Gasteiger partial charge in [-0.2, -0.15) is 9.78 Å². The zero-order valence-electron chi connectivity index (χ0n) is 7.69. The predicted molar refractivity (Wildman–Crippen MR) is 41.9 cm³/mol. The fourth-order valence-electron chi connectivity index (χ4n) is 2.86. The van der Waals surface area contributed by atoms with Crippen LogP contribution >= 0.6 is 0 Å². The van der Waals surface area contributed by atoms with Gasteiger partial charge in [0.25, 0.3) is 0 Å². The fourth-order valence-corrected chi connectivity index (χ4v) is 2.86. The molecule has 1 heterocycles. The Hall–Kier alpha value is -0.160. The summed E-state index contributed by atoms with van der Waals surface area (Å²) < 4.78 is 0. The Morgan fingerprint density at radius 1 is 1.08 bits per heavy atom. The van der Waals surface area contributed by atoms with E-state index in [1.807, 2.05) is 0 Å². The van der Waals surface area contributed by atoms with E-state index in [0.717, 1.165) is 30.6 Å². The van der Waals surface area contributed by atoms with E-state index in [1.165, 1.54) is 6.42 Å². The van der Waals surface area contributed by atoms with Crippen molar-refractivity contribution in [2.45, 2.75) is 32.0 Å². The third kappa shape index (κ3) is 1.13. The third-order valence-corrected chi connectivity index (χ3v) is 3.76. The van der Waals surface area contributed by atoms with Crippen molar-refractivity contribution in [1.29, 1.82) is 0 Å². The second kappa shape index (κ2) is 2.67. The highest BCUT2D eigenvalue weighted by molar-refractivity contribution is 4.97. The van der Waals surface area contributed by atoms with Crippen LogP contribution in [0.2, 0.25) is 0 Å². The van der Waals surface area contributed by atoms with Crippen molar-refractivity contribution in [2.75, 3.05) is 6.79 Å². The van der Waals surface area contributed by atoms with Crippen molar-refractivity contribution in [3.05, 3.63) is 0 Å². The second-order valence-electron chi connectivity index (χ2n) is 4.45. The van der Waals surface area contributed by atoms with Crippen LogP contribution in [0.1, 0.15) is 26.2 Å². The maximum Gasteiger partial charge on any atom is 0.234 e. The Balaban J connectivity index is 1.73. The molecule has 1 saturated heterocycles. The maximum absolute atomic E-state index is 5.21. The SMILES string of the molecule is CC1C2CC1CC1(C2)OOCOO1. The monoisotopic (exact) mass is 186 g/mol. The van der Waals surface area contributed by atoms with Gasteiger partial charge in [0.1, 0.15) is 0 Å². The predicted octanol–water partition coefficient (Wildman–Crippen LogP) is 1.62. The summed E-state index contributed by atoms with van der Waals surface area (Å²) >= 11 is 0. The molecule has 3 aliphatic carbocycles. The van der Waals surface area contributed by atoms with Crippen LogP contribution < -0.4 is 0 Å². The lowest BCUT2D eigenvalue weighted by Crippen LogP contribution is -2.55. The van der Waals surface area contributed by atoms with Gasteiger partial charge in [-0.1, -0.05) is 6.92 Å². The van der Waals surface area contributed by atoms with E-state index < -0.39 is 5.79 Å². The first-order valence-electron chi connectivity index (χ1n) is 4.90. The summed E-state index contributed by atoms with van der Waals surface area (Å²) in [5.74, 6) is 1.69. The van der Waals surface area contributed by atoms with Crippen LogP contribution in [0, 0.1) is 17.8 Å². The molecule has 0 radical (unpaired) electrons. The smallest absolute Gasteiger partial charge is 0.202 e. The minimum atomic E-state index is -0.585. The molecule has 2 unspecified atom stereocenters. The standard InChI is InChI=1S/C9H14O4/c1-6-7-2-8(6)4-9(3-7)12-10-5-11-13-9/h6-8H,2-5H2,1H3. The second-order valence-corrected chi connectivity index (χ2v) is 4.45. The summed E-state index contributed by atoms with van der Waals surface area (Å²) in [7, 11) is 0. The molecule has 74 valence electrons. The molecule has 0 aromatic rings. The Labute approximate surface area is 77.0 Å². The number of hydrogen-bond donors (Lipinski definition) is 0. The molecule has 13 heavy (non-hydrogen) atoms. The minimum absolute atomic E-state index is 0.0760. The van der Waals surface area contributed by atoms with Crippen molar-refractivity contribution in [3.63, 3.8) is 0 Å². The zero-order chi connectivity index (χ0) is 8.89. The minimum Gasteiger partial charge on any atom is -0.202 e. The summed E-state index contributed by atoms with van der Waals surface area (Å²) in [6, 6.07) is 0. The highest BCUT2D eigenvalue weighted by Crippen LogP contribution is 2.55. The molecule has 0 aromatic carbocycles. The van der Waals surface area contributed by atoms with Crippen LogP contribution in [0.3, 0.4) is 0 Å². The molecule has 4 rings (SSSR count). The largest absolute Gasteiger partial charge is 0.234 e. The van der Waals surface area contributed by atoms with Gasteiger partial charge in [-0.05, 0) is 24.2 Å².